The first kappa shape index (κ1) is 15.3. The molecule has 2 rings (SSSR count). The first-order chi connectivity index (χ1) is 9.85. The third-order valence-electron chi connectivity index (χ3n) is 3.35. The van der Waals surface area contributed by atoms with Crippen molar-refractivity contribution in [2.75, 3.05) is 26.4 Å². The van der Waals surface area contributed by atoms with E-state index < -0.39 is 0 Å². The molecule has 1 saturated heterocycles. The van der Waals surface area contributed by atoms with Crippen molar-refractivity contribution in [2.45, 2.75) is 39.0 Å². The summed E-state index contributed by atoms with van der Waals surface area (Å²) in [6.07, 6.45) is 1.79. The number of ether oxygens (including phenoxy) is 3. The summed E-state index contributed by atoms with van der Waals surface area (Å²) >= 11 is 0. The Balaban J connectivity index is 2.11. The summed E-state index contributed by atoms with van der Waals surface area (Å²) in [6.45, 7) is 7.21. The highest BCUT2D eigenvalue weighted by molar-refractivity contribution is 5.36. The third kappa shape index (κ3) is 4.20. The molecule has 1 atom stereocenters. The number of rotatable bonds is 8. The van der Waals surface area contributed by atoms with Crippen LogP contribution in [0.1, 0.15) is 38.3 Å². The molecule has 1 aliphatic rings. The maximum Gasteiger partial charge on any atom is 0.159 e. The van der Waals surface area contributed by atoms with E-state index in [2.05, 4.69) is 24.4 Å². The molecule has 0 saturated carbocycles. The van der Waals surface area contributed by atoms with Gasteiger partial charge in [-0.3, -0.25) is 0 Å². The molecule has 1 fully saturated rings. The second kappa shape index (κ2) is 8.25. The SMILES string of the molecule is CCCNC(CC1OCCO1)c1ccccc1OCC. The second-order valence-electron chi connectivity index (χ2n) is 4.88. The van der Waals surface area contributed by atoms with Crippen LogP contribution in [0.15, 0.2) is 24.3 Å². The van der Waals surface area contributed by atoms with E-state index in [1.807, 2.05) is 19.1 Å². The molecule has 20 heavy (non-hydrogen) atoms. The van der Waals surface area contributed by atoms with Crippen LogP contribution in [0, 0.1) is 0 Å². The third-order valence-corrected chi connectivity index (χ3v) is 3.35. The largest absolute Gasteiger partial charge is 0.494 e. The Labute approximate surface area is 121 Å². The fourth-order valence-electron chi connectivity index (χ4n) is 2.43. The Morgan fingerprint density at radius 1 is 1.25 bits per heavy atom. The molecule has 4 nitrogen and oxygen atoms in total. The monoisotopic (exact) mass is 279 g/mol. The fraction of sp³-hybridized carbons (Fsp3) is 0.625. The summed E-state index contributed by atoms with van der Waals surface area (Å²) in [6, 6.07) is 8.40. The van der Waals surface area contributed by atoms with Crippen LogP contribution in [0.5, 0.6) is 5.75 Å². The van der Waals surface area contributed by atoms with Gasteiger partial charge < -0.3 is 19.5 Å². The van der Waals surface area contributed by atoms with Crippen LogP contribution >= 0.6 is 0 Å². The molecule has 1 aromatic carbocycles. The molecule has 1 aromatic rings. The first-order valence-electron chi connectivity index (χ1n) is 7.53. The van der Waals surface area contributed by atoms with Crippen molar-refractivity contribution in [1.82, 2.24) is 5.32 Å². The minimum absolute atomic E-state index is 0.112. The minimum Gasteiger partial charge on any atom is -0.494 e. The quantitative estimate of drug-likeness (QED) is 0.794. The summed E-state index contributed by atoms with van der Waals surface area (Å²) in [5.74, 6) is 0.946. The lowest BCUT2D eigenvalue weighted by atomic mass is 10.0. The summed E-state index contributed by atoms with van der Waals surface area (Å²) < 4.78 is 16.9. The van der Waals surface area contributed by atoms with Crippen molar-refractivity contribution in [3.05, 3.63) is 29.8 Å². The van der Waals surface area contributed by atoms with E-state index in [4.69, 9.17) is 14.2 Å². The average Bonchev–Trinajstić information content (AvgIpc) is 2.97. The number of hydrogen-bond acceptors (Lipinski definition) is 4. The average molecular weight is 279 g/mol. The van der Waals surface area contributed by atoms with E-state index in [1.165, 1.54) is 5.56 Å². The lowest BCUT2D eigenvalue weighted by Crippen LogP contribution is -2.27. The van der Waals surface area contributed by atoms with Gasteiger partial charge in [0.2, 0.25) is 0 Å². The van der Waals surface area contributed by atoms with Gasteiger partial charge in [-0.15, -0.1) is 0 Å². The van der Waals surface area contributed by atoms with Crippen LogP contribution in [0.3, 0.4) is 0 Å². The molecule has 112 valence electrons. The molecule has 0 bridgehead atoms. The smallest absolute Gasteiger partial charge is 0.159 e. The van der Waals surface area contributed by atoms with Gasteiger partial charge in [-0.2, -0.15) is 0 Å². The summed E-state index contributed by atoms with van der Waals surface area (Å²) in [7, 11) is 0. The zero-order valence-corrected chi connectivity index (χ0v) is 12.4. The first-order valence-corrected chi connectivity index (χ1v) is 7.53. The second-order valence-corrected chi connectivity index (χ2v) is 4.88. The predicted molar refractivity (Wildman–Crippen MR) is 79.0 cm³/mol. The Hall–Kier alpha value is -1.10. The molecular formula is C16H25NO3. The molecule has 0 amide bonds. The van der Waals surface area contributed by atoms with Crippen LogP contribution in [0.4, 0.5) is 0 Å². The molecule has 1 N–H and O–H groups in total. The molecular weight excluding hydrogens is 254 g/mol. The fourth-order valence-corrected chi connectivity index (χ4v) is 2.43. The highest BCUT2D eigenvalue weighted by Crippen LogP contribution is 2.29. The van der Waals surface area contributed by atoms with E-state index in [-0.39, 0.29) is 12.3 Å². The Bertz CT molecular complexity index is 391. The summed E-state index contributed by atoms with van der Waals surface area (Å²) in [5.41, 5.74) is 1.18. The molecule has 1 unspecified atom stereocenters. The molecule has 0 spiro atoms. The zero-order valence-electron chi connectivity index (χ0n) is 12.4. The van der Waals surface area contributed by atoms with Gasteiger partial charge >= 0.3 is 0 Å². The van der Waals surface area contributed by atoms with Gasteiger partial charge in [0.05, 0.1) is 19.8 Å². The molecule has 1 heterocycles. The number of hydrogen-bond donors (Lipinski definition) is 1. The van der Waals surface area contributed by atoms with Gasteiger partial charge in [0.1, 0.15) is 5.75 Å². The van der Waals surface area contributed by atoms with E-state index in [1.54, 1.807) is 0 Å². The van der Waals surface area contributed by atoms with Crippen LogP contribution < -0.4 is 10.1 Å². The molecule has 0 aliphatic carbocycles. The van der Waals surface area contributed by atoms with Crippen molar-refractivity contribution < 1.29 is 14.2 Å². The topological polar surface area (TPSA) is 39.7 Å². The highest BCUT2D eigenvalue weighted by Gasteiger charge is 2.24. The van der Waals surface area contributed by atoms with Gasteiger partial charge in [0, 0.05) is 18.0 Å². The molecule has 1 aliphatic heterocycles. The van der Waals surface area contributed by atoms with Crippen molar-refractivity contribution in [1.29, 1.82) is 0 Å². The zero-order chi connectivity index (χ0) is 14.2. The van der Waals surface area contributed by atoms with Crippen LogP contribution in [0.2, 0.25) is 0 Å². The van der Waals surface area contributed by atoms with Crippen molar-refractivity contribution in [3.63, 3.8) is 0 Å². The molecule has 0 radical (unpaired) electrons. The lowest BCUT2D eigenvalue weighted by molar-refractivity contribution is -0.0531. The van der Waals surface area contributed by atoms with Gasteiger partial charge in [-0.1, -0.05) is 25.1 Å². The van der Waals surface area contributed by atoms with Crippen molar-refractivity contribution in [2.24, 2.45) is 0 Å². The normalized spacial score (nSPS) is 17.3. The number of para-hydroxylation sites is 1. The summed E-state index contributed by atoms with van der Waals surface area (Å²) in [4.78, 5) is 0. The maximum absolute atomic E-state index is 5.74. The van der Waals surface area contributed by atoms with Gasteiger partial charge in [-0.05, 0) is 26.0 Å². The number of nitrogens with one attached hydrogen (secondary N) is 1. The summed E-state index contributed by atoms with van der Waals surface area (Å²) in [5, 5.41) is 3.57. The minimum atomic E-state index is -0.112. The van der Waals surface area contributed by atoms with Crippen molar-refractivity contribution >= 4 is 0 Å². The Morgan fingerprint density at radius 3 is 2.70 bits per heavy atom. The van der Waals surface area contributed by atoms with Crippen LogP contribution in [0.25, 0.3) is 0 Å². The van der Waals surface area contributed by atoms with E-state index in [0.717, 1.165) is 25.1 Å². The maximum atomic E-state index is 5.74. The molecule has 4 heteroatoms. The van der Waals surface area contributed by atoms with Gasteiger partial charge in [-0.25, -0.2) is 0 Å². The van der Waals surface area contributed by atoms with Crippen molar-refractivity contribution in [3.8, 4) is 5.75 Å². The lowest BCUT2D eigenvalue weighted by Gasteiger charge is -2.23. The van der Waals surface area contributed by atoms with E-state index in [9.17, 15) is 0 Å². The standard InChI is InChI=1S/C16H25NO3/c1-3-9-17-14(12-16-19-10-11-20-16)13-7-5-6-8-15(13)18-4-2/h5-8,14,16-17H,3-4,9-12H2,1-2H3. The Kier molecular flexibility index (Phi) is 6.30. The Morgan fingerprint density at radius 2 is 2.00 bits per heavy atom. The van der Waals surface area contributed by atoms with Crippen LogP contribution in [-0.4, -0.2) is 32.7 Å². The van der Waals surface area contributed by atoms with E-state index in [0.29, 0.717) is 19.8 Å². The van der Waals surface area contributed by atoms with Crippen LogP contribution in [-0.2, 0) is 9.47 Å². The predicted octanol–water partition coefficient (Wildman–Crippen LogP) is 2.89. The number of benzene rings is 1. The van der Waals surface area contributed by atoms with E-state index >= 15 is 0 Å². The molecule has 0 aromatic heterocycles. The van der Waals surface area contributed by atoms with Gasteiger partial charge in [0.15, 0.2) is 6.29 Å². The highest BCUT2D eigenvalue weighted by atomic mass is 16.7. The van der Waals surface area contributed by atoms with Gasteiger partial charge in [0.25, 0.3) is 0 Å².